The predicted molar refractivity (Wildman–Crippen MR) is 69.2 cm³/mol. The largest absolute Gasteiger partial charge is 0.316 e. The van der Waals surface area contributed by atoms with Gasteiger partial charge in [0.2, 0.25) is 15.0 Å². The Morgan fingerprint density at radius 3 is 2.56 bits per heavy atom. The average Bonchev–Trinajstić information content (AvgIpc) is 2.28. The van der Waals surface area contributed by atoms with Gasteiger partial charge in [0.05, 0.1) is 5.75 Å². The van der Waals surface area contributed by atoms with Crippen molar-refractivity contribution in [2.24, 2.45) is 5.92 Å². The monoisotopic (exact) mass is 269 g/mol. The van der Waals surface area contributed by atoms with Gasteiger partial charge in [-0.3, -0.25) is 0 Å². The minimum absolute atomic E-state index is 0.0226. The highest BCUT2D eigenvalue weighted by Crippen LogP contribution is 2.16. The number of piperidine rings is 1. The van der Waals surface area contributed by atoms with E-state index in [9.17, 15) is 8.42 Å². The number of sulfone groups is 1. The number of hydrogen-bond donors (Lipinski definition) is 1. The summed E-state index contributed by atoms with van der Waals surface area (Å²) >= 11 is 0. The summed E-state index contributed by atoms with van der Waals surface area (Å²) in [4.78, 5) is 8.10. The lowest BCUT2D eigenvalue weighted by Crippen LogP contribution is -2.34. The van der Waals surface area contributed by atoms with Crippen LogP contribution in [-0.2, 0) is 9.84 Å². The summed E-state index contributed by atoms with van der Waals surface area (Å²) in [5.41, 5.74) is 1.39. The first-order valence-electron chi connectivity index (χ1n) is 6.23. The molecule has 100 valence electrons. The van der Waals surface area contributed by atoms with E-state index in [1.54, 1.807) is 19.9 Å². The highest BCUT2D eigenvalue weighted by atomic mass is 32.2. The maximum atomic E-state index is 12.3. The second-order valence-corrected chi connectivity index (χ2v) is 6.86. The van der Waals surface area contributed by atoms with Crippen molar-refractivity contribution < 1.29 is 8.42 Å². The van der Waals surface area contributed by atoms with E-state index in [0.717, 1.165) is 25.9 Å². The van der Waals surface area contributed by atoms with Crippen molar-refractivity contribution in [3.8, 4) is 0 Å². The molecule has 1 fully saturated rings. The van der Waals surface area contributed by atoms with E-state index in [2.05, 4.69) is 15.3 Å². The van der Waals surface area contributed by atoms with E-state index < -0.39 is 9.84 Å². The van der Waals surface area contributed by atoms with E-state index in [-0.39, 0.29) is 16.8 Å². The first kappa shape index (κ1) is 13.4. The van der Waals surface area contributed by atoms with Crippen molar-refractivity contribution in [1.82, 2.24) is 15.3 Å². The Balaban J connectivity index is 2.19. The van der Waals surface area contributed by atoms with Crippen LogP contribution < -0.4 is 5.32 Å². The normalized spacial score (nSPS) is 20.9. The number of hydrogen-bond acceptors (Lipinski definition) is 5. The average molecular weight is 269 g/mol. The Hall–Kier alpha value is -1.01. The molecule has 6 heteroatoms. The standard InChI is InChI=1S/C12H19N3O2S/c1-9-6-10(2)15-12(14-9)18(16,17)8-11-4-3-5-13-7-11/h6,11,13H,3-5,7-8H2,1-2H3. The zero-order valence-electron chi connectivity index (χ0n) is 10.8. The highest BCUT2D eigenvalue weighted by molar-refractivity contribution is 7.91. The topological polar surface area (TPSA) is 72.0 Å². The molecule has 0 saturated carbocycles. The molecular weight excluding hydrogens is 250 g/mol. The third-order valence-electron chi connectivity index (χ3n) is 3.09. The Morgan fingerprint density at radius 1 is 1.33 bits per heavy atom. The van der Waals surface area contributed by atoms with E-state index in [1.807, 2.05) is 0 Å². The lowest BCUT2D eigenvalue weighted by Gasteiger charge is -2.22. The van der Waals surface area contributed by atoms with Crippen molar-refractivity contribution in [1.29, 1.82) is 0 Å². The SMILES string of the molecule is Cc1cc(C)nc(S(=O)(=O)CC2CCCNC2)n1. The lowest BCUT2D eigenvalue weighted by atomic mass is 10.0. The van der Waals surface area contributed by atoms with Crippen LogP contribution in [-0.4, -0.2) is 37.2 Å². The highest BCUT2D eigenvalue weighted by Gasteiger charge is 2.25. The molecule has 0 amide bonds. The molecule has 0 spiro atoms. The quantitative estimate of drug-likeness (QED) is 0.824. The van der Waals surface area contributed by atoms with Gasteiger partial charge in [-0.15, -0.1) is 0 Å². The second-order valence-electron chi connectivity index (χ2n) is 4.93. The molecule has 1 saturated heterocycles. The third kappa shape index (κ3) is 3.26. The molecule has 0 aromatic carbocycles. The van der Waals surface area contributed by atoms with Crippen LogP contribution in [0, 0.1) is 19.8 Å². The molecule has 0 bridgehead atoms. The van der Waals surface area contributed by atoms with Crippen LogP contribution in [0.25, 0.3) is 0 Å². The molecular formula is C12H19N3O2S. The number of aryl methyl sites for hydroxylation is 2. The first-order chi connectivity index (χ1) is 8.47. The molecule has 1 unspecified atom stereocenters. The van der Waals surface area contributed by atoms with E-state index in [0.29, 0.717) is 11.4 Å². The smallest absolute Gasteiger partial charge is 0.247 e. The van der Waals surface area contributed by atoms with Crippen LogP contribution >= 0.6 is 0 Å². The summed E-state index contributed by atoms with van der Waals surface area (Å²) in [6.07, 6.45) is 1.99. The Bertz CT molecular complexity index is 502. The summed E-state index contributed by atoms with van der Waals surface area (Å²) in [5.74, 6) is 0.316. The zero-order valence-corrected chi connectivity index (χ0v) is 11.6. The lowest BCUT2D eigenvalue weighted by molar-refractivity contribution is 0.403. The van der Waals surface area contributed by atoms with Gasteiger partial charge in [0.1, 0.15) is 0 Å². The van der Waals surface area contributed by atoms with Crippen LogP contribution in [0.1, 0.15) is 24.2 Å². The predicted octanol–water partition coefficient (Wildman–Crippen LogP) is 0.867. The van der Waals surface area contributed by atoms with Gasteiger partial charge in [0.15, 0.2) is 0 Å². The molecule has 1 aromatic rings. The minimum Gasteiger partial charge on any atom is -0.316 e. The maximum absolute atomic E-state index is 12.3. The van der Waals surface area contributed by atoms with Gasteiger partial charge < -0.3 is 5.32 Å². The molecule has 1 atom stereocenters. The Labute approximate surface area is 108 Å². The van der Waals surface area contributed by atoms with Gasteiger partial charge in [0.25, 0.3) is 0 Å². The molecule has 5 nitrogen and oxygen atoms in total. The van der Waals surface area contributed by atoms with Gasteiger partial charge in [-0.1, -0.05) is 0 Å². The summed E-state index contributed by atoms with van der Waals surface area (Å²) in [6.45, 7) is 5.33. The van der Waals surface area contributed by atoms with E-state index >= 15 is 0 Å². The molecule has 2 heterocycles. The van der Waals surface area contributed by atoms with Crippen LogP contribution in [0.5, 0.6) is 0 Å². The Morgan fingerprint density at radius 2 is 2.00 bits per heavy atom. The molecule has 0 aliphatic carbocycles. The molecule has 0 radical (unpaired) electrons. The van der Waals surface area contributed by atoms with Crippen LogP contribution in [0.4, 0.5) is 0 Å². The van der Waals surface area contributed by atoms with Crippen LogP contribution in [0.15, 0.2) is 11.2 Å². The van der Waals surface area contributed by atoms with Gasteiger partial charge in [-0.25, -0.2) is 18.4 Å². The van der Waals surface area contributed by atoms with Crippen LogP contribution in [0.3, 0.4) is 0 Å². The minimum atomic E-state index is -3.37. The molecule has 18 heavy (non-hydrogen) atoms. The second kappa shape index (κ2) is 5.32. The summed E-state index contributed by atoms with van der Waals surface area (Å²) in [5, 5.41) is 3.20. The molecule has 1 aromatic heterocycles. The van der Waals surface area contributed by atoms with Crippen molar-refractivity contribution in [2.45, 2.75) is 31.8 Å². The Kier molecular flexibility index (Phi) is 3.97. The number of nitrogens with one attached hydrogen (secondary N) is 1. The summed E-state index contributed by atoms with van der Waals surface area (Å²) < 4.78 is 24.5. The zero-order chi connectivity index (χ0) is 13.2. The van der Waals surface area contributed by atoms with Gasteiger partial charge in [-0.2, -0.15) is 0 Å². The van der Waals surface area contributed by atoms with Gasteiger partial charge in [0, 0.05) is 11.4 Å². The first-order valence-corrected chi connectivity index (χ1v) is 7.88. The van der Waals surface area contributed by atoms with Crippen molar-refractivity contribution in [3.63, 3.8) is 0 Å². The fourth-order valence-electron chi connectivity index (χ4n) is 2.28. The van der Waals surface area contributed by atoms with E-state index in [1.165, 1.54) is 0 Å². The number of rotatable bonds is 3. The van der Waals surface area contributed by atoms with Crippen molar-refractivity contribution in [3.05, 3.63) is 17.5 Å². The number of aromatic nitrogens is 2. The van der Waals surface area contributed by atoms with Crippen molar-refractivity contribution >= 4 is 9.84 Å². The van der Waals surface area contributed by atoms with Gasteiger partial charge in [-0.05, 0) is 51.8 Å². The fraction of sp³-hybridized carbons (Fsp3) is 0.667. The number of nitrogens with zero attached hydrogens (tertiary/aromatic N) is 2. The molecule has 1 N–H and O–H groups in total. The molecule has 1 aliphatic heterocycles. The maximum Gasteiger partial charge on any atom is 0.247 e. The van der Waals surface area contributed by atoms with Gasteiger partial charge >= 0.3 is 0 Å². The fourth-order valence-corrected chi connectivity index (χ4v) is 3.90. The third-order valence-corrected chi connectivity index (χ3v) is 4.74. The van der Waals surface area contributed by atoms with Crippen molar-refractivity contribution in [2.75, 3.05) is 18.8 Å². The molecule has 1 aliphatic rings. The molecule has 2 rings (SSSR count). The van der Waals surface area contributed by atoms with E-state index in [4.69, 9.17) is 0 Å². The summed E-state index contributed by atoms with van der Waals surface area (Å²) in [7, 11) is -3.37. The van der Waals surface area contributed by atoms with Crippen LogP contribution in [0.2, 0.25) is 0 Å². The summed E-state index contributed by atoms with van der Waals surface area (Å²) in [6, 6.07) is 1.78.